The first-order chi connectivity index (χ1) is 2.89. The van der Waals surface area contributed by atoms with Crippen molar-refractivity contribution in [1.82, 2.24) is 10.9 Å². The van der Waals surface area contributed by atoms with Gasteiger partial charge in [-0.25, -0.2) is 5.43 Å². The molecular formula is C3H5ClN2. The van der Waals surface area contributed by atoms with E-state index in [1.807, 2.05) is 0 Å². The van der Waals surface area contributed by atoms with Crippen molar-refractivity contribution in [2.75, 3.05) is 6.54 Å². The zero-order valence-electron chi connectivity index (χ0n) is 3.16. The molecule has 0 aromatic carbocycles. The lowest BCUT2D eigenvalue weighted by Gasteiger charge is -1.84. The smallest absolute Gasteiger partial charge is 0.0521 e. The van der Waals surface area contributed by atoms with E-state index in [0.29, 0.717) is 0 Å². The van der Waals surface area contributed by atoms with Gasteiger partial charge in [0, 0.05) is 6.20 Å². The largest absolute Gasteiger partial charge is 0.327 e. The Morgan fingerprint density at radius 3 is 2.83 bits per heavy atom. The third-order valence-electron chi connectivity index (χ3n) is 0.588. The molecule has 0 amide bonds. The van der Waals surface area contributed by atoms with Crippen LogP contribution in [-0.2, 0) is 0 Å². The van der Waals surface area contributed by atoms with Gasteiger partial charge in [-0.05, 0) is 0 Å². The van der Waals surface area contributed by atoms with Crippen molar-refractivity contribution < 1.29 is 0 Å². The van der Waals surface area contributed by atoms with Crippen molar-refractivity contribution in [3.8, 4) is 0 Å². The normalized spacial score (nSPS) is 19.8. The van der Waals surface area contributed by atoms with Gasteiger partial charge in [0.1, 0.15) is 0 Å². The van der Waals surface area contributed by atoms with E-state index >= 15 is 0 Å². The summed E-state index contributed by atoms with van der Waals surface area (Å²) in [5.74, 6) is 0. The molecule has 34 valence electrons. The van der Waals surface area contributed by atoms with Gasteiger partial charge in [-0.1, -0.05) is 11.6 Å². The van der Waals surface area contributed by atoms with Gasteiger partial charge in [-0.2, -0.15) is 0 Å². The first kappa shape index (κ1) is 3.96. The molecule has 0 unspecified atom stereocenters. The third kappa shape index (κ3) is 0.640. The highest BCUT2D eigenvalue weighted by Crippen LogP contribution is 1.98. The second kappa shape index (κ2) is 1.49. The van der Waals surface area contributed by atoms with Crippen LogP contribution in [0, 0.1) is 0 Å². The Hall–Kier alpha value is -0.210. The van der Waals surface area contributed by atoms with Crippen LogP contribution in [0.2, 0.25) is 0 Å². The van der Waals surface area contributed by atoms with Crippen LogP contribution in [0.1, 0.15) is 0 Å². The van der Waals surface area contributed by atoms with Crippen LogP contribution in [0.5, 0.6) is 0 Å². The maximum absolute atomic E-state index is 5.45. The molecule has 0 bridgehead atoms. The molecule has 1 heterocycles. The second-order valence-corrected chi connectivity index (χ2v) is 1.57. The zero-order chi connectivity index (χ0) is 4.41. The quantitative estimate of drug-likeness (QED) is 0.458. The Morgan fingerprint density at radius 1 is 1.83 bits per heavy atom. The minimum absolute atomic E-state index is 0.752. The monoisotopic (exact) mass is 104 g/mol. The molecule has 0 atom stereocenters. The van der Waals surface area contributed by atoms with Gasteiger partial charge in [0.25, 0.3) is 0 Å². The highest BCUT2D eigenvalue weighted by molar-refractivity contribution is 6.29. The molecule has 1 aliphatic heterocycles. The first-order valence-corrected chi connectivity index (χ1v) is 2.10. The lowest BCUT2D eigenvalue weighted by Crippen LogP contribution is -2.19. The average molecular weight is 105 g/mol. The maximum Gasteiger partial charge on any atom is 0.0521 e. The van der Waals surface area contributed by atoms with E-state index in [-0.39, 0.29) is 0 Å². The molecule has 1 aliphatic rings. The van der Waals surface area contributed by atoms with Crippen molar-refractivity contribution in [2.45, 2.75) is 0 Å². The Balaban J connectivity index is 2.45. The molecule has 0 saturated carbocycles. The van der Waals surface area contributed by atoms with Gasteiger partial charge in [0.2, 0.25) is 0 Å². The minimum atomic E-state index is 0.752. The molecule has 0 aliphatic carbocycles. The van der Waals surface area contributed by atoms with Crippen LogP contribution in [0.15, 0.2) is 11.2 Å². The minimum Gasteiger partial charge on any atom is -0.327 e. The number of nitrogens with one attached hydrogen (secondary N) is 2. The molecule has 0 aromatic heterocycles. The number of rotatable bonds is 0. The predicted octanol–water partition coefficient (Wildman–Crippen LogP) is 0.174. The number of hydrazine groups is 1. The van der Waals surface area contributed by atoms with E-state index in [9.17, 15) is 0 Å². The number of hydrogen-bond acceptors (Lipinski definition) is 2. The highest BCUT2D eigenvalue weighted by Gasteiger charge is 1.94. The Labute approximate surface area is 41.1 Å². The summed E-state index contributed by atoms with van der Waals surface area (Å²) >= 11 is 5.45. The van der Waals surface area contributed by atoms with Gasteiger partial charge >= 0.3 is 0 Å². The highest BCUT2D eigenvalue weighted by atomic mass is 35.5. The van der Waals surface area contributed by atoms with Gasteiger partial charge < -0.3 is 5.43 Å². The summed E-state index contributed by atoms with van der Waals surface area (Å²) in [5.41, 5.74) is 5.53. The van der Waals surface area contributed by atoms with Crippen LogP contribution in [0.25, 0.3) is 0 Å². The van der Waals surface area contributed by atoms with Crippen molar-refractivity contribution in [3.05, 3.63) is 11.2 Å². The van der Waals surface area contributed by atoms with Crippen LogP contribution in [0.3, 0.4) is 0 Å². The predicted molar refractivity (Wildman–Crippen MR) is 25.1 cm³/mol. The summed E-state index contributed by atoms with van der Waals surface area (Å²) in [7, 11) is 0. The molecule has 0 fully saturated rings. The van der Waals surface area contributed by atoms with E-state index in [0.717, 1.165) is 11.6 Å². The van der Waals surface area contributed by atoms with Crippen LogP contribution < -0.4 is 10.9 Å². The van der Waals surface area contributed by atoms with Gasteiger partial charge in [-0.3, -0.25) is 0 Å². The van der Waals surface area contributed by atoms with Crippen molar-refractivity contribution >= 4 is 11.6 Å². The standard InChI is InChI=1S/C3H5ClN2/c4-3-1-5-6-2-3/h1,5-6H,2H2. The Kier molecular flexibility index (Phi) is 0.986. The lowest BCUT2D eigenvalue weighted by molar-refractivity contribution is 0.726. The van der Waals surface area contributed by atoms with Crippen LogP contribution in [0.4, 0.5) is 0 Å². The van der Waals surface area contributed by atoms with Crippen molar-refractivity contribution in [2.24, 2.45) is 0 Å². The second-order valence-electron chi connectivity index (χ2n) is 1.09. The molecule has 0 radical (unpaired) electrons. The van der Waals surface area contributed by atoms with Crippen molar-refractivity contribution in [1.29, 1.82) is 0 Å². The van der Waals surface area contributed by atoms with E-state index in [1.54, 1.807) is 6.20 Å². The summed E-state index contributed by atoms with van der Waals surface area (Å²) < 4.78 is 0. The SMILES string of the molecule is ClC1=CNNC1. The Bertz CT molecular complexity index is 78.9. The van der Waals surface area contributed by atoms with Crippen molar-refractivity contribution in [3.63, 3.8) is 0 Å². The fraction of sp³-hybridized carbons (Fsp3) is 0.333. The third-order valence-corrected chi connectivity index (χ3v) is 0.831. The molecule has 0 spiro atoms. The van der Waals surface area contributed by atoms with Gasteiger partial charge in [0.15, 0.2) is 0 Å². The van der Waals surface area contributed by atoms with Crippen LogP contribution in [-0.4, -0.2) is 6.54 Å². The summed E-state index contributed by atoms with van der Waals surface area (Å²) in [5, 5.41) is 0.829. The molecule has 1 rings (SSSR count). The molecule has 6 heavy (non-hydrogen) atoms. The molecular weight excluding hydrogens is 99.5 g/mol. The first-order valence-electron chi connectivity index (χ1n) is 1.72. The molecule has 2 nitrogen and oxygen atoms in total. The van der Waals surface area contributed by atoms with Gasteiger partial charge in [0.05, 0.1) is 11.6 Å². The maximum atomic E-state index is 5.45. The van der Waals surface area contributed by atoms with E-state index in [2.05, 4.69) is 10.9 Å². The molecule has 0 aromatic rings. The van der Waals surface area contributed by atoms with Gasteiger partial charge in [-0.15, -0.1) is 0 Å². The summed E-state index contributed by atoms with van der Waals surface area (Å²) in [4.78, 5) is 0. The summed E-state index contributed by atoms with van der Waals surface area (Å²) in [6.45, 7) is 0.752. The number of halogens is 1. The van der Waals surface area contributed by atoms with E-state index < -0.39 is 0 Å². The zero-order valence-corrected chi connectivity index (χ0v) is 3.92. The molecule has 0 saturated heterocycles. The van der Waals surface area contributed by atoms with E-state index in [4.69, 9.17) is 11.6 Å². The average Bonchev–Trinajstić information content (AvgIpc) is 1.86. The number of hydrogen-bond donors (Lipinski definition) is 2. The summed E-state index contributed by atoms with van der Waals surface area (Å²) in [6, 6.07) is 0. The summed E-state index contributed by atoms with van der Waals surface area (Å²) in [6.07, 6.45) is 1.72. The molecule has 2 N–H and O–H groups in total. The lowest BCUT2D eigenvalue weighted by atomic mass is 10.6. The fourth-order valence-electron chi connectivity index (χ4n) is 0.316. The topological polar surface area (TPSA) is 24.1 Å². The fourth-order valence-corrected chi connectivity index (χ4v) is 0.437. The molecule has 3 heteroatoms. The van der Waals surface area contributed by atoms with E-state index in [1.165, 1.54) is 0 Å². The van der Waals surface area contributed by atoms with Crippen LogP contribution >= 0.6 is 11.6 Å². The Morgan fingerprint density at radius 2 is 2.67 bits per heavy atom.